The molecule has 0 aliphatic rings. The summed E-state index contributed by atoms with van der Waals surface area (Å²) in [6, 6.07) is 18.1. The molecule has 6 heteroatoms. The van der Waals surface area contributed by atoms with Gasteiger partial charge in [-0.2, -0.15) is 0 Å². The van der Waals surface area contributed by atoms with Gasteiger partial charge in [-0.05, 0) is 18.1 Å². The lowest BCUT2D eigenvalue weighted by Crippen LogP contribution is -3.00. The first-order chi connectivity index (χ1) is 11.6. The zero-order chi connectivity index (χ0) is 16.9. The number of aryl methyl sites for hydroxylation is 1. The summed E-state index contributed by atoms with van der Waals surface area (Å²) >= 11 is 0. The molecule has 0 bridgehead atoms. The highest BCUT2D eigenvalue weighted by atomic mass is 79.9. The molecule has 0 fully saturated rings. The van der Waals surface area contributed by atoms with E-state index in [4.69, 9.17) is 15.9 Å². The number of benzene rings is 2. The second-order valence-electron chi connectivity index (χ2n) is 5.76. The number of carboxylic acid groups (broad SMARTS) is 1. The number of hydrogen-bond donors (Lipinski definition) is 2. The molecule has 2 aromatic carbocycles. The van der Waals surface area contributed by atoms with Gasteiger partial charge in [0.2, 0.25) is 0 Å². The van der Waals surface area contributed by atoms with Crippen molar-refractivity contribution in [2.45, 2.75) is 25.8 Å². The number of aromatic nitrogens is 2. The number of aliphatic carboxylic acids is 1. The molecular formula is C19H20BrN3O2. The minimum absolute atomic E-state index is 0. The Bertz CT molecular complexity index is 869. The summed E-state index contributed by atoms with van der Waals surface area (Å²) in [5, 5.41) is 15.5. The Hall–Kier alpha value is -2.47. The molecule has 0 saturated carbocycles. The van der Waals surface area contributed by atoms with Crippen LogP contribution in [-0.4, -0.2) is 16.2 Å². The predicted molar refractivity (Wildman–Crippen MR) is 92.5 cm³/mol. The zero-order valence-electron chi connectivity index (χ0n) is 13.7. The topological polar surface area (TPSA) is 80.1 Å². The largest absolute Gasteiger partial charge is 1.00 e. The van der Waals surface area contributed by atoms with Crippen molar-refractivity contribution in [2.24, 2.45) is 0 Å². The van der Waals surface area contributed by atoms with Gasteiger partial charge in [-0.25, -0.2) is 0 Å². The van der Waals surface area contributed by atoms with Gasteiger partial charge in [0.15, 0.2) is 0 Å². The van der Waals surface area contributed by atoms with Crippen LogP contribution in [0.25, 0.3) is 10.8 Å². The summed E-state index contributed by atoms with van der Waals surface area (Å²) in [7, 11) is 0. The normalized spacial score (nSPS) is 10.4. The minimum Gasteiger partial charge on any atom is -1.00 e. The molecule has 0 saturated heterocycles. The fourth-order valence-corrected chi connectivity index (χ4v) is 2.82. The van der Waals surface area contributed by atoms with E-state index in [1.54, 1.807) is 4.68 Å². The summed E-state index contributed by atoms with van der Waals surface area (Å²) < 4.78 is 1.73. The fourth-order valence-electron chi connectivity index (χ4n) is 2.82. The number of fused-ring (bicyclic) bond motifs is 1. The van der Waals surface area contributed by atoms with Crippen molar-refractivity contribution in [2.75, 3.05) is 5.73 Å². The van der Waals surface area contributed by atoms with E-state index >= 15 is 0 Å². The predicted octanol–water partition coefficient (Wildman–Crippen LogP) is -0.436. The molecule has 3 aromatic rings. The molecule has 0 aliphatic carbocycles. The van der Waals surface area contributed by atoms with E-state index in [9.17, 15) is 4.79 Å². The van der Waals surface area contributed by atoms with Crippen molar-refractivity contribution < 1.29 is 31.6 Å². The highest BCUT2D eigenvalue weighted by Crippen LogP contribution is 2.22. The van der Waals surface area contributed by atoms with Crippen LogP contribution in [0.3, 0.4) is 0 Å². The van der Waals surface area contributed by atoms with Crippen LogP contribution in [0, 0.1) is 0 Å². The monoisotopic (exact) mass is 401 g/mol. The summed E-state index contributed by atoms with van der Waals surface area (Å²) in [6.45, 7) is 0.491. The number of carboxylic acids is 1. The zero-order valence-corrected chi connectivity index (χ0v) is 15.3. The molecule has 0 spiro atoms. The van der Waals surface area contributed by atoms with Crippen molar-refractivity contribution in [1.29, 1.82) is 0 Å². The van der Waals surface area contributed by atoms with E-state index < -0.39 is 5.97 Å². The molecule has 1 heterocycles. The third-order valence-corrected chi connectivity index (χ3v) is 4.01. The molecule has 0 aliphatic heterocycles. The summed E-state index contributed by atoms with van der Waals surface area (Å²) in [5.41, 5.74) is 8.37. The number of anilines is 1. The van der Waals surface area contributed by atoms with E-state index in [0.29, 0.717) is 25.2 Å². The lowest BCUT2D eigenvalue weighted by Gasteiger charge is -2.09. The SMILES string of the molecule is Nc1c2ccccc2c(Cc2ccccc2)n[n+]1CCCC(=O)O.[Br-]. The Balaban J connectivity index is 0.00000225. The number of rotatable bonds is 6. The summed E-state index contributed by atoms with van der Waals surface area (Å²) in [6.07, 6.45) is 1.32. The highest BCUT2D eigenvalue weighted by molar-refractivity contribution is 5.91. The van der Waals surface area contributed by atoms with Gasteiger partial charge in [-0.3, -0.25) is 10.5 Å². The van der Waals surface area contributed by atoms with Crippen molar-refractivity contribution in [3.05, 3.63) is 65.9 Å². The second kappa shape index (κ2) is 8.58. The number of hydrogen-bond acceptors (Lipinski definition) is 3. The van der Waals surface area contributed by atoms with Crippen molar-refractivity contribution in [1.82, 2.24) is 5.10 Å². The van der Waals surface area contributed by atoms with E-state index in [0.717, 1.165) is 16.5 Å². The summed E-state index contributed by atoms with van der Waals surface area (Å²) in [5.74, 6) is -0.229. The number of nitrogens with zero attached hydrogens (tertiary/aromatic N) is 2. The Morgan fingerprint density at radius 1 is 1.04 bits per heavy atom. The van der Waals surface area contributed by atoms with E-state index in [-0.39, 0.29) is 23.4 Å². The van der Waals surface area contributed by atoms with E-state index in [1.165, 1.54) is 5.56 Å². The van der Waals surface area contributed by atoms with Crippen LogP contribution in [0.4, 0.5) is 5.82 Å². The molecule has 130 valence electrons. The van der Waals surface area contributed by atoms with Crippen molar-refractivity contribution in [3.63, 3.8) is 0 Å². The van der Waals surface area contributed by atoms with Crippen LogP contribution in [0.5, 0.6) is 0 Å². The number of nitrogen functional groups attached to an aromatic ring is 1. The number of nitrogens with two attached hydrogens (primary N) is 1. The van der Waals surface area contributed by atoms with Crippen LogP contribution in [0.15, 0.2) is 54.6 Å². The third-order valence-electron chi connectivity index (χ3n) is 4.01. The minimum atomic E-state index is -0.806. The summed E-state index contributed by atoms with van der Waals surface area (Å²) in [4.78, 5) is 10.7. The van der Waals surface area contributed by atoms with E-state index in [2.05, 4.69) is 12.1 Å². The maximum absolute atomic E-state index is 10.7. The van der Waals surface area contributed by atoms with Crippen LogP contribution < -0.4 is 27.4 Å². The Morgan fingerprint density at radius 3 is 2.36 bits per heavy atom. The van der Waals surface area contributed by atoms with Crippen LogP contribution in [-0.2, 0) is 17.8 Å². The Labute approximate surface area is 156 Å². The van der Waals surface area contributed by atoms with Crippen LogP contribution in [0.2, 0.25) is 0 Å². The number of carbonyl (C=O) groups is 1. The molecule has 0 atom stereocenters. The van der Waals surface area contributed by atoms with Crippen molar-refractivity contribution in [3.8, 4) is 0 Å². The van der Waals surface area contributed by atoms with Gasteiger partial charge in [0, 0.05) is 18.2 Å². The maximum Gasteiger partial charge on any atom is 0.303 e. The molecule has 25 heavy (non-hydrogen) atoms. The van der Waals surface area contributed by atoms with Gasteiger partial charge >= 0.3 is 11.8 Å². The van der Waals surface area contributed by atoms with Gasteiger partial charge in [0.05, 0.1) is 11.1 Å². The van der Waals surface area contributed by atoms with Gasteiger partial charge in [-0.15, -0.1) is 4.68 Å². The second-order valence-corrected chi connectivity index (χ2v) is 5.76. The molecule has 5 nitrogen and oxygen atoms in total. The molecule has 0 amide bonds. The van der Waals surface area contributed by atoms with Crippen LogP contribution >= 0.6 is 0 Å². The smallest absolute Gasteiger partial charge is 0.303 e. The Kier molecular flexibility index (Phi) is 6.47. The number of halogens is 1. The molecule has 3 rings (SSSR count). The molecule has 1 aromatic heterocycles. The standard InChI is InChI=1S/C19H19N3O2.BrH/c20-19-16-10-5-4-9-15(16)17(13-14-7-2-1-3-8-14)21-22(19)12-6-11-18(23)24;/h1-5,7-10,20H,6,11-13H2,(H,23,24);1H. The lowest BCUT2D eigenvalue weighted by atomic mass is 10.0. The lowest BCUT2D eigenvalue weighted by molar-refractivity contribution is -0.740. The van der Waals surface area contributed by atoms with Crippen molar-refractivity contribution >= 4 is 22.6 Å². The molecule has 0 unspecified atom stereocenters. The van der Waals surface area contributed by atoms with Gasteiger partial charge < -0.3 is 22.1 Å². The molecule has 3 N–H and O–H groups in total. The molecular weight excluding hydrogens is 382 g/mol. The Morgan fingerprint density at radius 2 is 1.68 bits per heavy atom. The average Bonchev–Trinajstić information content (AvgIpc) is 2.59. The van der Waals surface area contributed by atoms with Gasteiger partial charge in [-0.1, -0.05) is 53.6 Å². The highest BCUT2D eigenvalue weighted by Gasteiger charge is 2.16. The maximum atomic E-state index is 10.7. The molecule has 0 radical (unpaired) electrons. The third kappa shape index (κ3) is 4.54. The van der Waals surface area contributed by atoms with Gasteiger partial charge in [0.25, 0.3) is 0 Å². The van der Waals surface area contributed by atoms with E-state index in [1.807, 2.05) is 42.5 Å². The average molecular weight is 402 g/mol. The first-order valence-electron chi connectivity index (χ1n) is 7.98. The quantitative estimate of drug-likeness (QED) is 0.549. The van der Waals surface area contributed by atoms with Gasteiger partial charge in [0.1, 0.15) is 6.54 Å². The fraction of sp³-hybridized carbons (Fsp3) is 0.211. The van der Waals surface area contributed by atoms with Crippen LogP contribution in [0.1, 0.15) is 24.1 Å². The first-order valence-corrected chi connectivity index (χ1v) is 7.98. The first kappa shape index (κ1) is 18.9.